The van der Waals surface area contributed by atoms with E-state index in [1.165, 1.54) is 5.56 Å². The van der Waals surface area contributed by atoms with Gasteiger partial charge in [-0.25, -0.2) is 0 Å². The molecule has 3 aromatic rings. The molecule has 0 aliphatic carbocycles. The summed E-state index contributed by atoms with van der Waals surface area (Å²) in [7, 11) is 0. The molecule has 0 spiro atoms. The molecular formula is C28H33N3O3. The van der Waals surface area contributed by atoms with Crippen LogP contribution >= 0.6 is 0 Å². The topological polar surface area (TPSA) is 63.7 Å². The molecule has 6 nitrogen and oxygen atoms in total. The van der Waals surface area contributed by atoms with Crippen molar-refractivity contribution in [2.24, 2.45) is 0 Å². The summed E-state index contributed by atoms with van der Waals surface area (Å²) in [6.45, 7) is 9.31. The summed E-state index contributed by atoms with van der Waals surface area (Å²) < 4.78 is 11.7. The maximum absolute atomic E-state index is 12.8. The molecule has 1 saturated heterocycles. The lowest BCUT2D eigenvalue weighted by Crippen LogP contribution is -2.44. The van der Waals surface area contributed by atoms with Crippen LogP contribution < -0.4 is 10.1 Å². The van der Waals surface area contributed by atoms with Gasteiger partial charge in [0.15, 0.2) is 0 Å². The summed E-state index contributed by atoms with van der Waals surface area (Å²) in [6.07, 6.45) is 2.24. The predicted octanol–water partition coefficient (Wildman–Crippen LogP) is 4.76. The third kappa shape index (κ3) is 6.65. The summed E-state index contributed by atoms with van der Waals surface area (Å²) in [4.78, 5) is 19.5. The number of carbonyl (C=O) groups is 1. The van der Waals surface area contributed by atoms with Gasteiger partial charge in [0, 0.05) is 31.4 Å². The van der Waals surface area contributed by atoms with E-state index in [-0.39, 0.29) is 24.2 Å². The fourth-order valence-corrected chi connectivity index (χ4v) is 4.31. The molecule has 4 rings (SSSR count). The van der Waals surface area contributed by atoms with Crippen LogP contribution in [-0.2, 0) is 17.9 Å². The number of hydrogen-bond acceptors (Lipinski definition) is 5. The van der Waals surface area contributed by atoms with Crippen LogP contribution in [0.25, 0.3) is 0 Å². The van der Waals surface area contributed by atoms with Gasteiger partial charge in [0.25, 0.3) is 5.91 Å². The molecule has 6 heteroatoms. The van der Waals surface area contributed by atoms with Crippen LogP contribution in [0, 0.1) is 0 Å². The Hall–Kier alpha value is -3.22. The molecule has 0 saturated carbocycles. The summed E-state index contributed by atoms with van der Waals surface area (Å²) in [6, 6.07) is 21.3. The first-order valence-corrected chi connectivity index (χ1v) is 11.9. The molecule has 34 heavy (non-hydrogen) atoms. The van der Waals surface area contributed by atoms with E-state index in [1.54, 1.807) is 6.20 Å². The lowest BCUT2D eigenvalue weighted by molar-refractivity contribution is -0.0704. The van der Waals surface area contributed by atoms with Gasteiger partial charge in [-0.15, -0.1) is 0 Å². The number of nitrogens with one attached hydrogen (secondary N) is 1. The average molecular weight is 460 g/mol. The number of aromatic nitrogens is 1. The van der Waals surface area contributed by atoms with E-state index in [2.05, 4.69) is 29.0 Å². The number of pyridine rings is 1. The smallest absolute Gasteiger partial charge is 0.251 e. The molecule has 1 aliphatic heterocycles. The van der Waals surface area contributed by atoms with Crippen molar-refractivity contribution in [1.82, 2.24) is 15.2 Å². The van der Waals surface area contributed by atoms with Crippen LogP contribution in [0.3, 0.4) is 0 Å². The zero-order chi connectivity index (χ0) is 23.9. The van der Waals surface area contributed by atoms with Gasteiger partial charge in [-0.1, -0.05) is 30.3 Å². The largest absolute Gasteiger partial charge is 0.487 e. The highest BCUT2D eigenvalue weighted by atomic mass is 16.5. The molecule has 3 unspecified atom stereocenters. The van der Waals surface area contributed by atoms with Crippen LogP contribution in [0.5, 0.6) is 5.75 Å². The quantitative estimate of drug-likeness (QED) is 0.526. The molecule has 1 N–H and O–H groups in total. The van der Waals surface area contributed by atoms with Crippen LogP contribution in [0.2, 0.25) is 0 Å². The van der Waals surface area contributed by atoms with Gasteiger partial charge in [0.2, 0.25) is 0 Å². The highest BCUT2D eigenvalue weighted by molar-refractivity contribution is 5.94. The van der Waals surface area contributed by atoms with Crippen molar-refractivity contribution in [2.45, 2.75) is 52.2 Å². The van der Waals surface area contributed by atoms with Crippen molar-refractivity contribution in [3.63, 3.8) is 0 Å². The van der Waals surface area contributed by atoms with E-state index >= 15 is 0 Å². The first kappa shape index (κ1) is 23.9. The Balaban J connectivity index is 1.31. The Morgan fingerprint density at radius 3 is 2.56 bits per heavy atom. The second-order valence-electron chi connectivity index (χ2n) is 9.03. The van der Waals surface area contributed by atoms with Crippen LogP contribution in [-0.4, -0.2) is 41.1 Å². The van der Waals surface area contributed by atoms with E-state index in [9.17, 15) is 4.79 Å². The Morgan fingerprint density at radius 1 is 1.09 bits per heavy atom. The maximum atomic E-state index is 12.8. The van der Waals surface area contributed by atoms with Gasteiger partial charge >= 0.3 is 0 Å². The minimum atomic E-state index is -0.151. The SMILES string of the molecule is CC1CN(Cc2ccc(C(=O)NC(C)c3cccc(OCc4ccccn4)c3)cc2)CC(C)O1. The number of amides is 1. The minimum absolute atomic E-state index is 0.0903. The van der Waals surface area contributed by atoms with Crippen molar-refractivity contribution in [3.05, 3.63) is 95.3 Å². The van der Waals surface area contributed by atoms with Crippen LogP contribution in [0.4, 0.5) is 0 Å². The van der Waals surface area contributed by atoms with Crippen molar-refractivity contribution in [3.8, 4) is 5.75 Å². The maximum Gasteiger partial charge on any atom is 0.251 e. The van der Waals surface area contributed by atoms with Crippen molar-refractivity contribution in [1.29, 1.82) is 0 Å². The number of morpholine rings is 1. The van der Waals surface area contributed by atoms with E-state index in [0.717, 1.165) is 36.6 Å². The minimum Gasteiger partial charge on any atom is -0.487 e. The van der Waals surface area contributed by atoms with Gasteiger partial charge in [-0.05, 0) is 68.3 Å². The lowest BCUT2D eigenvalue weighted by atomic mass is 10.1. The first-order chi connectivity index (χ1) is 16.5. The molecular weight excluding hydrogens is 426 g/mol. The zero-order valence-electron chi connectivity index (χ0n) is 20.1. The Bertz CT molecular complexity index is 1060. The molecule has 2 aromatic carbocycles. The second kappa shape index (κ2) is 11.3. The number of carbonyl (C=O) groups excluding carboxylic acids is 1. The molecule has 1 fully saturated rings. The molecule has 2 heterocycles. The van der Waals surface area contributed by atoms with Gasteiger partial charge in [-0.3, -0.25) is 14.7 Å². The number of ether oxygens (including phenoxy) is 2. The van der Waals surface area contributed by atoms with Gasteiger partial charge < -0.3 is 14.8 Å². The Morgan fingerprint density at radius 2 is 1.85 bits per heavy atom. The second-order valence-corrected chi connectivity index (χ2v) is 9.03. The van der Waals surface area contributed by atoms with E-state index in [1.807, 2.05) is 73.7 Å². The normalized spacial score (nSPS) is 19.4. The van der Waals surface area contributed by atoms with Gasteiger partial charge in [0.1, 0.15) is 12.4 Å². The predicted molar refractivity (Wildman–Crippen MR) is 133 cm³/mol. The van der Waals surface area contributed by atoms with E-state index < -0.39 is 0 Å². The summed E-state index contributed by atoms with van der Waals surface area (Å²) in [5, 5.41) is 3.09. The fraction of sp³-hybridized carbons (Fsp3) is 0.357. The first-order valence-electron chi connectivity index (χ1n) is 11.9. The summed E-state index contributed by atoms with van der Waals surface area (Å²) in [5.41, 5.74) is 3.71. The molecule has 0 bridgehead atoms. The number of benzene rings is 2. The van der Waals surface area contributed by atoms with Crippen LogP contribution in [0.1, 0.15) is 54.0 Å². The molecule has 1 amide bonds. The van der Waals surface area contributed by atoms with Crippen molar-refractivity contribution < 1.29 is 14.3 Å². The number of hydrogen-bond donors (Lipinski definition) is 1. The Kier molecular flexibility index (Phi) is 7.93. The molecule has 3 atom stereocenters. The fourth-order valence-electron chi connectivity index (χ4n) is 4.31. The highest BCUT2D eigenvalue weighted by Gasteiger charge is 2.22. The molecule has 178 valence electrons. The number of rotatable bonds is 8. The molecule has 1 aromatic heterocycles. The standard InChI is InChI=1S/C28H33N3O3/c1-20-16-31(17-21(2)34-20)18-23-10-12-24(13-11-23)28(32)30-22(3)25-7-6-9-27(15-25)33-19-26-8-4-5-14-29-26/h4-15,20-22H,16-19H2,1-3H3,(H,30,32). The van der Waals surface area contributed by atoms with Crippen molar-refractivity contribution in [2.75, 3.05) is 13.1 Å². The third-order valence-corrected chi connectivity index (χ3v) is 5.94. The summed E-state index contributed by atoms with van der Waals surface area (Å²) >= 11 is 0. The van der Waals surface area contributed by atoms with Gasteiger partial charge in [-0.2, -0.15) is 0 Å². The highest BCUT2D eigenvalue weighted by Crippen LogP contribution is 2.21. The van der Waals surface area contributed by atoms with E-state index in [4.69, 9.17) is 9.47 Å². The van der Waals surface area contributed by atoms with Gasteiger partial charge in [0.05, 0.1) is 23.9 Å². The van der Waals surface area contributed by atoms with Crippen LogP contribution in [0.15, 0.2) is 72.9 Å². The molecule has 1 aliphatic rings. The zero-order valence-corrected chi connectivity index (χ0v) is 20.1. The van der Waals surface area contributed by atoms with E-state index in [0.29, 0.717) is 12.2 Å². The number of nitrogens with zero attached hydrogens (tertiary/aromatic N) is 2. The Labute approximate surface area is 201 Å². The average Bonchev–Trinajstić information content (AvgIpc) is 2.83. The molecule has 0 radical (unpaired) electrons. The van der Waals surface area contributed by atoms with Crippen molar-refractivity contribution >= 4 is 5.91 Å². The monoisotopic (exact) mass is 459 g/mol. The lowest BCUT2D eigenvalue weighted by Gasteiger charge is -2.35. The summed E-state index contributed by atoms with van der Waals surface area (Å²) in [5.74, 6) is 0.660. The third-order valence-electron chi connectivity index (χ3n) is 5.94.